The highest BCUT2D eigenvalue weighted by Crippen LogP contribution is 2.17. The first-order valence-corrected chi connectivity index (χ1v) is 26.2. The summed E-state index contributed by atoms with van der Waals surface area (Å²) < 4.78 is 16.8. The fourth-order valence-electron chi connectivity index (χ4n) is 7.99. The van der Waals surface area contributed by atoms with Gasteiger partial charge in [-0.05, 0) is 31.1 Å². The molecule has 6 heteroatoms. The topological polar surface area (TPSA) is 78.9 Å². The van der Waals surface area contributed by atoms with Gasteiger partial charge in [-0.3, -0.25) is 14.4 Å². The summed E-state index contributed by atoms with van der Waals surface area (Å²) in [4.78, 5) is 38.0. The molecule has 0 aromatic heterocycles. The van der Waals surface area contributed by atoms with E-state index >= 15 is 0 Å². The van der Waals surface area contributed by atoms with Gasteiger partial charge < -0.3 is 14.2 Å². The maximum absolute atomic E-state index is 12.8. The molecule has 0 unspecified atom stereocenters. The van der Waals surface area contributed by atoms with Gasteiger partial charge in [0.1, 0.15) is 13.2 Å². The molecule has 0 aromatic rings. The Bertz CT molecular complexity index is 900. The van der Waals surface area contributed by atoms with Crippen molar-refractivity contribution in [3.63, 3.8) is 0 Å². The zero-order valence-corrected chi connectivity index (χ0v) is 40.4. The van der Waals surface area contributed by atoms with Gasteiger partial charge in [0, 0.05) is 19.3 Å². The maximum Gasteiger partial charge on any atom is 0.306 e. The molecule has 0 spiro atoms. The first-order valence-electron chi connectivity index (χ1n) is 26.2. The Kier molecular flexibility index (Phi) is 44.7. The molecule has 0 heterocycles. The standard InChI is InChI=1S/C53H102O6/c1-6-7-8-9-10-11-12-18-23-28-33-38-43-51(54)57-46-50(47-58-52(55)44-39-34-29-24-20-15-17-22-27-32-37-42-49(4)5)59-53(56)45-40-35-30-25-19-14-13-16-21-26-31-36-41-48(2)3/h48-50H,6-47H2,1-5H3/t50-/m0/s1. The van der Waals surface area contributed by atoms with E-state index < -0.39 is 6.10 Å². The van der Waals surface area contributed by atoms with Gasteiger partial charge in [-0.2, -0.15) is 0 Å². The van der Waals surface area contributed by atoms with Crippen molar-refractivity contribution in [1.29, 1.82) is 0 Å². The molecule has 0 aliphatic heterocycles. The Labute approximate surface area is 368 Å². The highest BCUT2D eigenvalue weighted by atomic mass is 16.6. The minimum atomic E-state index is -0.761. The highest BCUT2D eigenvalue weighted by molar-refractivity contribution is 5.71. The predicted octanol–water partition coefficient (Wildman–Crippen LogP) is 16.9. The van der Waals surface area contributed by atoms with Crippen molar-refractivity contribution in [3.05, 3.63) is 0 Å². The molecular formula is C53H102O6. The number of carbonyl (C=O) groups excluding carboxylic acids is 3. The zero-order valence-electron chi connectivity index (χ0n) is 40.4. The average molecular weight is 835 g/mol. The number of hydrogen-bond donors (Lipinski definition) is 0. The lowest BCUT2D eigenvalue weighted by molar-refractivity contribution is -0.167. The van der Waals surface area contributed by atoms with Crippen LogP contribution < -0.4 is 0 Å². The van der Waals surface area contributed by atoms with Crippen LogP contribution in [0.2, 0.25) is 0 Å². The molecule has 0 aromatic carbocycles. The van der Waals surface area contributed by atoms with Gasteiger partial charge in [-0.15, -0.1) is 0 Å². The third-order valence-electron chi connectivity index (χ3n) is 12.0. The van der Waals surface area contributed by atoms with Crippen molar-refractivity contribution in [3.8, 4) is 0 Å². The fourth-order valence-corrected chi connectivity index (χ4v) is 7.99. The van der Waals surface area contributed by atoms with Gasteiger partial charge in [0.05, 0.1) is 0 Å². The lowest BCUT2D eigenvalue weighted by Crippen LogP contribution is -2.30. The van der Waals surface area contributed by atoms with Crippen LogP contribution in [-0.2, 0) is 28.6 Å². The van der Waals surface area contributed by atoms with Gasteiger partial charge >= 0.3 is 17.9 Å². The van der Waals surface area contributed by atoms with E-state index in [0.717, 1.165) is 69.6 Å². The second-order valence-electron chi connectivity index (χ2n) is 19.1. The largest absolute Gasteiger partial charge is 0.462 e. The summed E-state index contributed by atoms with van der Waals surface area (Å²) in [6.45, 7) is 11.4. The minimum Gasteiger partial charge on any atom is -0.462 e. The lowest BCUT2D eigenvalue weighted by Gasteiger charge is -2.18. The second kappa shape index (κ2) is 45.9. The van der Waals surface area contributed by atoms with Gasteiger partial charge in [0.25, 0.3) is 0 Å². The molecule has 59 heavy (non-hydrogen) atoms. The summed E-state index contributed by atoms with van der Waals surface area (Å²) in [5.74, 6) is 0.812. The Hall–Kier alpha value is -1.59. The number of rotatable bonds is 47. The molecule has 0 amide bonds. The first-order chi connectivity index (χ1) is 28.7. The average Bonchev–Trinajstić information content (AvgIpc) is 3.20. The summed E-state index contributed by atoms with van der Waals surface area (Å²) >= 11 is 0. The van der Waals surface area contributed by atoms with E-state index in [1.54, 1.807) is 0 Å². The van der Waals surface area contributed by atoms with Crippen molar-refractivity contribution < 1.29 is 28.6 Å². The van der Waals surface area contributed by atoms with E-state index in [2.05, 4.69) is 34.6 Å². The summed E-state index contributed by atoms with van der Waals surface area (Å²) in [5, 5.41) is 0. The van der Waals surface area contributed by atoms with Crippen molar-refractivity contribution in [2.24, 2.45) is 11.8 Å². The highest BCUT2D eigenvalue weighted by Gasteiger charge is 2.19. The van der Waals surface area contributed by atoms with E-state index in [-0.39, 0.29) is 31.1 Å². The van der Waals surface area contributed by atoms with Crippen LogP contribution in [0.15, 0.2) is 0 Å². The molecule has 0 saturated carbocycles. The van der Waals surface area contributed by atoms with Crippen LogP contribution in [0, 0.1) is 11.8 Å². The molecule has 0 aliphatic rings. The summed E-state index contributed by atoms with van der Waals surface area (Å²) in [6, 6.07) is 0. The van der Waals surface area contributed by atoms with Crippen molar-refractivity contribution in [2.45, 2.75) is 298 Å². The molecule has 1 atom stereocenters. The number of esters is 3. The number of unbranched alkanes of at least 4 members (excludes halogenated alkanes) is 32. The monoisotopic (exact) mass is 835 g/mol. The molecule has 0 fully saturated rings. The lowest BCUT2D eigenvalue weighted by atomic mass is 10.0. The number of carbonyl (C=O) groups is 3. The Morgan fingerprint density at radius 2 is 0.559 bits per heavy atom. The van der Waals surface area contributed by atoms with E-state index in [0.29, 0.717) is 19.3 Å². The maximum atomic E-state index is 12.8. The smallest absolute Gasteiger partial charge is 0.306 e. The number of hydrogen-bond acceptors (Lipinski definition) is 6. The molecule has 350 valence electrons. The quantitative estimate of drug-likeness (QED) is 0.0345. The molecule has 0 radical (unpaired) electrons. The summed E-state index contributed by atoms with van der Waals surface area (Å²) in [6.07, 6.45) is 46.5. The molecule has 0 aliphatic carbocycles. The van der Waals surface area contributed by atoms with E-state index in [9.17, 15) is 14.4 Å². The van der Waals surface area contributed by atoms with Gasteiger partial charge in [0.15, 0.2) is 6.10 Å². The van der Waals surface area contributed by atoms with E-state index in [1.165, 1.54) is 180 Å². The van der Waals surface area contributed by atoms with E-state index in [4.69, 9.17) is 14.2 Å². The van der Waals surface area contributed by atoms with Crippen LogP contribution in [-0.4, -0.2) is 37.2 Å². The van der Waals surface area contributed by atoms with Crippen molar-refractivity contribution >= 4 is 17.9 Å². The molecule has 6 nitrogen and oxygen atoms in total. The van der Waals surface area contributed by atoms with Gasteiger partial charge in [-0.25, -0.2) is 0 Å². The first kappa shape index (κ1) is 57.4. The van der Waals surface area contributed by atoms with Crippen LogP contribution in [0.5, 0.6) is 0 Å². The van der Waals surface area contributed by atoms with Crippen LogP contribution in [0.4, 0.5) is 0 Å². The summed E-state index contributed by atoms with van der Waals surface area (Å²) in [7, 11) is 0. The van der Waals surface area contributed by atoms with Gasteiger partial charge in [0.2, 0.25) is 0 Å². The Morgan fingerprint density at radius 3 is 0.831 bits per heavy atom. The Balaban J connectivity index is 4.32. The third kappa shape index (κ3) is 47.3. The second-order valence-corrected chi connectivity index (χ2v) is 19.1. The van der Waals surface area contributed by atoms with Crippen molar-refractivity contribution in [1.82, 2.24) is 0 Å². The van der Waals surface area contributed by atoms with Gasteiger partial charge in [-0.1, -0.05) is 253 Å². The van der Waals surface area contributed by atoms with E-state index in [1.807, 2.05) is 0 Å². The van der Waals surface area contributed by atoms with Crippen LogP contribution in [0.25, 0.3) is 0 Å². The zero-order chi connectivity index (χ0) is 43.3. The molecular weight excluding hydrogens is 733 g/mol. The SMILES string of the molecule is CCCCCCCCCCCCCCC(=O)OC[C@@H](COC(=O)CCCCCCCCCCCCCC(C)C)OC(=O)CCCCCCCCCCCCCCC(C)C. The summed E-state index contributed by atoms with van der Waals surface area (Å²) in [5.41, 5.74) is 0. The van der Waals surface area contributed by atoms with Crippen LogP contribution >= 0.6 is 0 Å². The normalized spacial score (nSPS) is 12.1. The molecule has 0 bridgehead atoms. The number of ether oxygens (including phenoxy) is 3. The molecule has 0 rings (SSSR count). The van der Waals surface area contributed by atoms with Crippen LogP contribution in [0.3, 0.4) is 0 Å². The van der Waals surface area contributed by atoms with Crippen molar-refractivity contribution in [2.75, 3.05) is 13.2 Å². The molecule has 0 saturated heterocycles. The fraction of sp³-hybridized carbons (Fsp3) is 0.943. The Morgan fingerprint density at radius 1 is 0.322 bits per heavy atom. The minimum absolute atomic E-state index is 0.0635. The van der Waals surface area contributed by atoms with Crippen LogP contribution in [0.1, 0.15) is 291 Å². The third-order valence-corrected chi connectivity index (χ3v) is 12.0. The molecule has 0 N–H and O–H groups in total. The predicted molar refractivity (Wildman–Crippen MR) is 252 cm³/mol.